The summed E-state index contributed by atoms with van der Waals surface area (Å²) < 4.78 is 37.3. The van der Waals surface area contributed by atoms with Gasteiger partial charge in [0.15, 0.2) is 0 Å². The summed E-state index contributed by atoms with van der Waals surface area (Å²) in [7, 11) is 0. The van der Waals surface area contributed by atoms with E-state index in [0.717, 1.165) is 6.20 Å². The fraction of sp³-hybridized carbons (Fsp3) is 0.0833. The maximum Gasteiger partial charge on any atom is 0.433 e. The first-order chi connectivity index (χ1) is 9.38. The molecule has 0 atom stereocenters. The number of carbonyl (C=O) groups excluding carboxylic acids is 1. The molecule has 0 bridgehead atoms. The van der Waals surface area contributed by atoms with Crippen LogP contribution in [0.3, 0.4) is 0 Å². The van der Waals surface area contributed by atoms with Crippen molar-refractivity contribution in [2.75, 3.05) is 5.32 Å². The van der Waals surface area contributed by atoms with E-state index in [2.05, 4.69) is 15.3 Å². The van der Waals surface area contributed by atoms with Crippen molar-refractivity contribution in [1.82, 2.24) is 9.97 Å². The number of aromatic nitrogens is 2. The zero-order valence-corrected chi connectivity index (χ0v) is 10.5. The van der Waals surface area contributed by atoms with E-state index in [9.17, 15) is 18.0 Å². The third kappa shape index (κ3) is 3.24. The number of anilines is 1. The number of hydrogen-bond donors (Lipinski definition) is 1. The highest BCUT2D eigenvalue weighted by atomic mass is 35.5. The summed E-state index contributed by atoms with van der Waals surface area (Å²) in [6.45, 7) is 0. The number of pyridine rings is 2. The zero-order valence-electron chi connectivity index (χ0n) is 9.78. The summed E-state index contributed by atoms with van der Waals surface area (Å²) >= 11 is 5.68. The fourth-order valence-corrected chi connectivity index (χ4v) is 1.62. The highest BCUT2D eigenvalue weighted by Gasteiger charge is 2.33. The van der Waals surface area contributed by atoms with Crippen LogP contribution in [-0.2, 0) is 6.18 Å². The third-order valence-corrected chi connectivity index (χ3v) is 2.64. The van der Waals surface area contributed by atoms with Crippen LogP contribution in [0.1, 0.15) is 16.1 Å². The van der Waals surface area contributed by atoms with Gasteiger partial charge in [0.25, 0.3) is 5.91 Å². The molecule has 2 aromatic rings. The van der Waals surface area contributed by atoms with Crippen LogP contribution in [0.25, 0.3) is 0 Å². The first-order valence-corrected chi connectivity index (χ1v) is 5.70. The van der Waals surface area contributed by atoms with Crippen LogP contribution in [0.4, 0.5) is 18.9 Å². The number of amides is 1. The molecule has 104 valence electrons. The number of halogens is 4. The number of alkyl halides is 3. The maximum atomic E-state index is 12.4. The summed E-state index contributed by atoms with van der Waals surface area (Å²) in [5.74, 6) is -0.651. The van der Waals surface area contributed by atoms with Crippen LogP contribution in [0, 0.1) is 0 Å². The Morgan fingerprint density at radius 1 is 1.25 bits per heavy atom. The predicted molar refractivity (Wildman–Crippen MR) is 66.4 cm³/mol. The Morgan fingerprint density at radius 2 is 1.90 bits per heavy atom. The SMILES string of the molecule is O=C(Nc1ccncc1)c1cnc(C(F)(F)F)cc1Cl. The molecule has 4 nitrogen and oxygen atoms in total. The molecule has 0 radical (unpaired) electrons. The Hall–Kier alpha value is -2.15. The quantitative estimate of drug-likeness (QED) is 0.925. The zero-order chi connectivity index (χ0) is 14.8. The minimum Gasteiger partial charge on any atom is -0.322 e. The van der Waals surface area contributed by atoms with E-state index in [1.54, 1.807) is 0 Å². The minimum atomic E-state index is -4.61. The van der Waals surface area contributed by atoms with Crippen molar-refractivity contribution in [3.63, 3.8) is 0 Å². The Labute approximate surface area is 116 Å². The first-order valence-electron chi connectivity index (χ1n) is 5.32. The molecule has 0 spiro atoms. The molecule has 0 aliphatic rings. The summed E-state index contributed by atoms with van der Waals surface area (Å²) in [6, 6.07) is 3.68. The molecular weight excluding hydrogens is 295 g/mol. The van der Waals surface area contributed by atoms with Crippen LogP contribution in [0.15, 0.2) is 36.8 Å². The molecule has 0 saturated heterocycles. The van der Waals surface area contributed by atoms with Crippen LogP contribution in [0.5, 0.6) is 0 Å². The number of nitrogens with one attached hydrogen (secondary N) is 1. The third-order valence-electron chi connectivity index (χ3n) is 2.33. The van der Waals surface area contributed by atoms with Crippen molar-refractivity contribution in [2.45, 2.75) is 6.18 Å². The molecule has 0 saturated carbocycles. The minimum absolute atomic E-state index is 0.142. The van der Waals surface area contributed by atoms with E-state index in [-0.39, 0.29) is 10.6 Å². The first kappa shape index (κ1) is 14.3. The molecule has 1 amide bonds. The number of nitrogens with zero attached hydrogens (tertiary/aromatic N) is 2. The molecule has 0 unspecified atom stereocenters. The van der Waals surface area contributed by atoms with Crippen molar-refractivity contribution in [3.8, 4) is 0 Å². The van der Waals surface area contributed by atoms with E-state index in [1.807, 2.05) is 0 Å². The van der Waals surface area contributed by atoms with Gasteiger partial charge in [0.05, 0.1) is 10.6 Å². The van der Waals surface area contributed by atoms with Gasteiger partial charge in [-0.25, -0.2) is 0 Å². The molecule has 20 heavy (non-hydrogen) atoms. The summed E-state index contributed by atoms with van der Waals surface area (Å²) in [4.78, 5) is 18.8. The average Bonchev–Trinajstić information content (AvgIpc) is 2.38. The van der Waals surface area contributed by atoms with Gasteiger partial charge in [0.1, 0.15) is 5.69 Å². The van der Waals surface area contributed by atoms with E-state index in [4.69, 9.17) is 11.6 Å². The van der Waals surface area contributed by atoms with Gasteiger partial charge in [-0.2, -0.15) is 13.2 Å². The van der Waals surface area contributed by atoms with E-state index >= 15 is 0 Å². The smallest absolute Gasteiger partial charge is 0.322 e. The highest BCUT2D eigenvalue weighted by Crippen LogP contribution is 2.30. The lowest BCUT2D eigenvalue weighted by molar-refractivity contribution is -0.141. The standard InChI is InChI=1S/C12H7ClF3N3O/c13-9-5-10(12(14,15)16)18-6-8(9)11(20)19-7-1-3-17-4-2-7/h1-6H,(H,17,19,20). The lowest BCUT2D eigenvalue weighted by atomic mass is 10.2. The number of rotatable bonds is 2. The van der Waals surface area contributed by atoms with Crippen molar-refractivity contribution in [1.29, 1.82) is 0 Å². The van der Waals surface area contributed by atoms with Crippen LogP contribution in [0.2, 0.25) is 5.02 Å². The fourth-order valence-electron chi connectivity index (χ4n) is 1.39. The molecule has 2 rings (SSSR count). The summed E-state index contributed by atoms with van der Waals surface area (Å²) in [5.41, 5.74) is -0.847. The van der Waals surface area contributed by atoms with Gasteiger partial charge in [-0.15, -0.1) is 0 Å². The van der Waals surface area contributed by atoms with Gasteiger partial charge in [-0.3, -0.25) is 14.8 Å². The van der Waals surface area contributed by atoms with E-state index in [1.165, 1.54) is 24.5 Å². The van der Waals surface area contributed by atoms with E-state index < -0.39 is 17.8 Å². The second-order valence-corrected chi connectivity index (χ2v) is 4.14. The van der Waals surface area contributed by atoms with E-state index in [0.29, 0.717) is 11.8 Å². The maximum absolute atomic E-state index is 12.4. The number of carbonyl (C=O) groups is 1. The molecular formula is C12H7ClF3N3O. The lowest BCUT2D eigenvalue weighted by Gasteiger charge is -2.09. The van der Waals surface area contributed by atoms with Gasteiger partial charge in [0.2, 0.25) is 0 Å². The predicted octanol–water partition coefficient (Wildman–Crippen LogP) is 3.40. The van der Waals surface area contributed by atoms with Crippen LogP contribution < -0.4 is 5.32 Å². The second kappa shape index (κ2) is 5.46. The normalized spacial score (nSPS) is 11.2. The van der Waals surface area contributed by atoms with Gasteiger partial charge >= 0.3 is 6.18 Å². The Bertz CT molecular complexity index is 632. The summed E-state index contributed by atoms with van der Waals surface area (Å²) in [5, 5.41) is 2.15. The molecule has 2 heterocycles. The Morgan fingerprint density at radius 3 is 2.45 bits per heavy atom. The van der Waals surface area contributed by atoms with Gasteiger partial charge in [0, 0.05) is 24.3 Å². The van der Waals surface area contributed by atoms with Gasteiger partial charge in [-0.1, -0.05) is 11.6 Å². The van der Waals surface area contributed by atoms with Crippen LogP contribution in [-0.4, -0.2) is 15.9 Å². The lowest BCUT2D eigenvalue weighted by Crippen LogP contribution is -2.15. The van der Waals surface area contributed by atoms with Gasteiger partial charge in [-0.05, 0) is 18.2 Å². The summed E-state index contributed by atoms with van der Waals surface area (Å²) in [6.07, 6.45) is -0.893. The average molecular weight is 302 g/mol. The Kier molecular flexibility index (Phi) is 3.89. The molecule has 2 aromatic heterocycles. The van der Waals surface area contributed by atoms with Crippen molar-refractivity contribution >= 4 is 23.2 Å². The Balaban J connectivity index is 2.23. The van der Waals surface area contributed by atoms with Crippen molar-refractivity contribution < 1.29 is 18.0 Å². The molecule has 1 N–H and O–H groups in total. The molecule has 8 heteroatoms. The molecule has 0 aliphatic carbocycles. The van der Waals surface area contributed by atoms with Gasteiger partial charge < -0.3 is 5.32 Å². The molecule has 0 aromatic carbocycles. The monoisotopic (exact) mass is 301 g/mol. The van der Waals surface area contributed by atoms with Crippen molar-refractivity contribution in [3.05, 3.63) is 53.1 Å². The van der Waals surface area contributed by atoms with Crippen molar-refractivity contribution in [2.24, 2.45) is 0 Å². The second-order valence-electron chi connectivity index (χ2n) is 3.74. The largest absolute Gasteiger partial charge is 0.433 e. The molecule has 0 aliphatic heterocycles. The number of hydrogen-bond acceptors (Lipinski definition) is 3. The highest BCUT2D eigenvalue weighted by molar-refractivity contribution is 6.34. The topological polar surface area (TPSA) is 54.9 Å². The van der Waals surface area contributed by atoms with Crippen LogP contribution >= 0.6 is 11.6 Å². The molecule has 0 fully saturated rings.